The maximum Gasteiger partial charge on any atom is 0.325 e. The van der Waals surface area contributed by atoms with Crippen LogP contribution in [0, 0.1) is 11.3 Å². The minimum absolute atomic E-state index is 0.203. The van der Waals surface area contributed by atoms with E-state index in [0.717, 1.165) is 22.6 Å². The molecule has 0 unspecified atom stereocenters. The zero-order valence-electron chi connectivity index (χ0n) is 15.6. The molecule has 2 heterocycles. The van der Waals surface area contributed by atoms with E-state index in [1.165, 1.54) is 0 Å². The number of rotatable bonds is 4. The standard InChI is InChI=1S/C19H27N3O3S/c1-18(2,3)13-6-8-19(9-7-13)16(24)22(17(25)21-19)12-15(23)20-11-14-5-4-10-26-14/h4-5,10,13H,6-9,11-12H2,1-3H3,(H,20,23)(H,21,25). The molecule has 1 aliphatic carbocycles. The summed E-state index contributed by atoms with van der Waals surface area (Å²) < 4.78 is 0. The maximum absolute atomic E-state index is 12.9. The van der Waals surface area contributed by atoms with Gasteiger partial charge in [0, 0.05) is 4.88 Å². The molecule has 0 radical (unpaired) electrons. The third-order valence-corrected chi connectivity index (χ3v) is 6.53. The van der Waals surface area contributed by atoms with Crippen molar-refractivity contribution in [1.29, 1.82) is 0 Å². The van der Waals surface area contributed by atoms with E-state index in [4.69, 9.17) is 0 Å². The minimum Gasteiger partial charge on any atom is -0.350 e. The molecular weight excluding hydrogens is 350 g/mol. The summed E-state index contributed by atoms with van der Waals surface area (Å²) in [6, 6.07) is 3.40. The van der Waals surface area contributed by atoms with E-state index >= 15 is 0 Å². The topological polar surface area (TPSA) is 78.5 Å². The Hall–Kier alpha value is -1.89. The molecule has 4 amide bonds. The lowest BCUT2D eigenvalue weighted by Crippen LogP contribution is -2.51. The summed E-state index contributed by atoms with van der Waals surface area (Å²) >= 11 is 1.55. The van der Waals surface area contributed by atoms with Gasteiger partial charge < -0.3 is 10.6 Å². The minimum atomic E-state index is -0.813. The van der Waals surface area contributed by atoms with Crippen LogP contribution in [0.4, 0.5) is 4.79 Å². The van der Waals surface area contributed by atoms with E-state index < -0.39 is 11.6 Å². The largest absolute Gasteiger partial charge is 0.350 e. The lowest BCUT2D eigenvalue weighted by atomic mass is 9.67. The highest BCUT2D eigenvalue weighted by Crippen LogP contribution is 2.43. The third kappa shape index (κ3) is 3.77. The van der Waals surface area contributed by atoms with Crippen LogP contribution in [0.3, 0.4) is 0 Å². The number of amides is 4. The zero-order valence-corrected chi connectivity index (χ0v) is 16.4. The Morgan fingerprint density at radius 3 is 2.62 bits per heavy atom. The van der Waals surface area contributed by atoms with E-state index in [2.05, 4.69) is 31.4 Å². The third-order valence-electron chi connectivity index (χ3n) is 5.65. The summed E-state index contributed by atoms with van der Waals surface area (Å²) in [7, 11) is 0. The Kier molecular flexibility index (Phi) is 5.10. The van der Waals surface area contributed by atoms with Gasteiger partial charge in [0.2, 0.25) is 5.91 Å². The van der Waals surface area contributed by atoms with Crippen molar-refractivity contribution in [3.8, 4) is 0 Å². The highest BCUT2D eigenvalue weighted by Gasteiger charge is 2.53. The van der Waals surface area contributed by atoms with Crippen LogP contribution in [0.1, 0.15) is 51.3 Å². The fraction of sp³-hybridized carbons (Fsp3) is 0.632. The zero-order chi connectivity index (χ0) is 18.9. The summed E-state index contributed by atoms with van der Waals surface area (Å²) in [5.41, 5.74) is -0.610. The maximum atomic E-state index is 12.9. The summed E-state index contributed by atoms with van der Waals surface area (Å²) in [4.78, 5) is 39.5. The number of nitrogens with one attached hydrogen (secondary N) is 2. The molecule has 7 heteroatoms. The molecule has 1 aromatic rings. The first-order valence-corrected chi connectivity index (χ1v) is 10.0. The van der Waals surface area contributed by atoms with Crippen LogP contribution in [0.2, 0.25) is 0 Å². The van der Waals surface area contributed by atoms with Gasteiger partial charge in [-0.25, -0.2) is 4.79 Å². The number of thiophene rings is 1. The van der Waals surface area contributed by atoms with Crippen molar-refractivity contribution in [2.24, 2.45) is 11.3 Å². The van der Waals surface area contributed by atoms with Crippen LogP contribution in [0.5, 0.6) is 0 Å². The fourth-order valence-corrected chi connectivity index (χ4v) is 4.58. The second kappa shape index (κ2) is 7.02. The number of carbonyl (C=O) groups is 3. The molecule has 2 N–H and O–H groups in total. The highest BCUT2D eigenvalue weighted by molar-refractivity contribution is 7.09. The van der Waals surface area contributed by atoms with E-state index in [0.29, 0.717) is 25.3 Å². The molecule has 2 fully saturated rings. The molecule has 0 bridgehead atoms. The number of hydrogen-bond donors (Lipinski definition) is 2. The molecule has 1 aromatic heterocycles. The van der Waals surface area contributed by atoms with Crippen LogP contribution < -0.4 is 10.6 Å². The van der Waals surface area contributed by atoms with Crippen molar-refractivity contribution in [3.05, 3.63) is 22.4 Å². The molecule has 26 heavy (non-hydrogen) atoms. The number of carbonyl (C=O) groups excluding carboxylic acids is 3. The molecular formula is C19H27N3O3S. The molecule has 6 nitrogen and oxygen atoms in total. The van der Waals surface area contributed by atoms with E-state index in [9.17, 15) is 14.4 Å². The van der Waals surface area contributed by atoms with Gasteiger partial charge in [0.15, 0.2) is 0 Å². The average molecular weight is 378 g/mol. The van der Waals surface area contributed by atoms with Gasteiger partial charge in [-0.05, 0) is 48.5 Å². The normalized spacial score (nSPS) is 26.3. The monoisotopic (exact) mass is 377 g/mol. The number of imide groups is 1. The van der Waals surface area contributed by atoms with Crippen LogP contribution in [-0.2, 0) is 16.1 Å². The number of urea groups is 1. The molecule has 1 saturated carbocycles. The first-order valence-electron chi connectivity index (χ1n) is 9.14. The van der Waals surface area contributed by atoms with E-state index in [1.54, 1.807) is 11.3 Å². The Balaban J connectivity index is 1.58. The first kappa shape index (κ1) is 18.9. The van der Waals surface area contributed by atoms with Crippen molar-refractivity contribution in [2.75, 3.05) is 6.54 Å². The highest BCUT2D eigenvalue weighted by atomic mass is 32.1. The van der Waals surface area contributed by atoms with Crippen LogP contribution >= 0.6 is 11.3 Å². The Morgan fingerprint density at radius 2 is 2.04 bits per heavy atom. The van der Waals surface area contributed by atoms with Gasteiger partial charge in [-0.15, -0.1) is 11.3 Å². The molecule has 3 rings (SSSR count). The van der Waals surface area contributed by atoms with Crippen LogP contribution in [0.25, 0.3) is 0 Å². The van der Waals surface area contributed by atoms with Crippen molar-refractivity contribution >= 4 is 29.2 Å². The first-order chi connectivity index (χ1) is 12.2. The smallest absolute Gasteiger partial charge is 0.325 e. The predicted octanol–water partition coefficient (Wildman–Crippen LogP) is 2.89. The Bertz CT molecular complexity index is 685. The van der Waals surface area contributed by atoms with Gasteiger partial charge in [-0.1, -0.05) is 26.8 Å². The molecule has 142 valence electrons. The lowest BCUT2D eigenvalue weighted by molar-refractivity contribution is -0.136. The second-order valence-electron chi connectivity index (χ2n) is 8.40. The molecule has 0 aromatic carbocycles. The lowest BCUT2D eigenvalue weighted by Gasteiger charge is -2.40. The van der Waals surface area contributed by atoms with Gasteiger partial charge in [0.25, 0.3) is 5.91 Å². The number of hydrogen-bond acceptors (Lipinski definition) is 4. The summed E-state index contributed by atoms with van der Waals surface area (Å²) in [5.74, 6) is -0.0237. The molecule has 1 saturated heterocycles. The summed E-state index contributed by atoms with van der Waals surface area (Å²) in [6.07, 6.45) is 3.11. The molecule has 1 aliphatic heterocycles. The average Bonchev–Trinajstić information content (AvgIpc) is 3.16. The van der Waals surface area contributed by atoms with Crippen LogP contribution in [-0.4, -0.2) is 34.8 Å². The Morgan fingerprint density at radius 1 is 1.35 bits per heavy atom. The molecule has 0 atom stereocenters. The molecule has 1 spiro atoms. The van der Waals surface area contributed by atoms with E-state index in [-0.39, 0.29) is 23.8 Å². The summed E-state index contributed by atoms with van der Waals surface area (Å²) in [5, 5.41) is 7.59. The quantitative estimate of drug-likeness (QED) is 0.792. The molecule has 2 aliphatic rings. The van der Waals surface area contributed by atoms with E-state index in [1.807, 2.05) is 17.5 Å². The fourth-order valence-electron chi connectivity index (χ4n) is 3.93. The second-order valence-corrected chi connectivity index (χ2v) is 9.43. The summed E-state index contributed by atoms with van der Waals surface area (Å²) in [6.45, 7) is 6.85. The number of nitrogens with zero attached hydrogens (tertiary/aromatic N) is 1. The Labute approximate surface area is 158 Å². The van der Waals surface area contributed by atoms with Gasteiger partial charge in [0.05, 0.1) is 6.54 Å². The van der Waals surface area contributed by atoms with Crippen LogP contribution in [0.15, 0.2) is 17.5 Å². The van der Waals surface area contributed by atoms with Crippen molar-refractivity contribution < 1.29 is 14.4 Å². The van der Waals surface area contributed by atoms with Gasteiger partial charge in [0.1, 0.15) is 12.1 Å². The van der Waals surface area contributed by atoms with Crippen molar-refractivity contribution in [3.63, 3.8) is 0 Å². The van der Waals surface area contributed by atoms with Gasteiger partial charge in [-0.2, -0.15) is 0 Å². The van der Waals surface area contributed by atoms with Gasteiger partial charge in [-0.3, -0.25) is 14.5 Å². The van der Waals surface area contributed by atoms with Gasteiger partial charge >= 0.3 is 6.03 Å². The predicted molar refractivity (Wildman–Crippen MR) is 101 cm³/mol. The van der Waals surface area contributed by atoms with Crippen molar-refractivity contribution in [1.82, 2.24) is 15.5 Å². The SMILES string of the molecule is CC(C)(C)C1CCC2(CC1)NC(=O)N(CC(=O)NCc1cccs1)C2=O. The van der Waals surface area contributed by atoms with Crippen molar-refractivity contribution in [2.45, 2.75) is 58.5 Å².